The molecule has 0 unspecified atom stereocenters. The maximum absolute atomic E-state index is 3.51. The van der Waals surface area contributed by atoms with Crippen molar-refractivity contribution in [2.75, 3.05) is 5.43 Å². The molecule has 0 atom stereocenters. The Morgan fingerprint density at radius 3 is 2.29 bits per heavy atom. The Morgan fingerprint density at radius 2 is 1.57 bits per heavy atom. The quantitative estimate of drug-likeness (QED) is 0.467. The normalized spacial score (nSPS) is 13.2. The second-order valence-corrected chi connectivity index (χ2v) is 8.53. The molecule has 2 nitrogen and oxygen atoms in total. The number of benzene rings is 3. The van der Waals surface area contributed by atoms with Gasteiger partial charge in [0.05, 0.1) is 5.69 Å². The molecule has 0 saturated carbocycles. The highest BCUT2D eigenvalue weighted by Crippen LogP contribution is 2.45. The molecular formula is C25H28N2S. The molecule has 0 amide bonds. The molecule has 2 N–H and O–H groups in total. The van der Waals surface area contributed by atoms with Gasteiger partial charge in [-0.2, -0.15) is 4.83 Å². The lowest BCUT2D eigenvalue weighted by Crippen LogP contribution is -2.19. The average Bonchev–Trinajstić information content (AvgIpc) is 2.67. The Labute approximate surface area is 172 Å². The number of hydrogen-bond acceptors (Lipinski definition) is 3. The molecule has 0 aliphatic carbocycles. The second kappa shape index (κ2) is 7.65. The van der Waals surface area contributed by atoms with Gasteiger partial charge >= 0.3 is 0 Å². The van der Waals surface area contributed by atoms with E-state index in [1.54, 1.807) is 11.9 Å². The lowest BCUT2D eigenvalue weighted by molar-refractivity contribution is 1.09. The lowest BCUT2D eigenvalue weighted by Gasteiger charge is -2.27. The fourth-order valence-electron chi connectivity index (χ4n) is 4.36. The third kappa shape index (κ3) is 3.23. The number of rotatable bonds is 2. The van der Waals surface area contributed by atoms with Gasteiger partial charge in [0.1, 0.15) is 0 Å². The van der Waals surface area contributed by atoms with E-state index in [1.807, 2.05) is 0 Å². The third-order valence-corrected chi connectivity index (χ3v) is 6.54. The van der Waals surface area contributed by atoms with Gasteiger partial charge in [-0.15, -0.1) is 0 Å². The first-order valence-corrected chi connectivity index (χ1v) is 11.0. The summed E-state index contributed by atoms with van der Waals surface area (Å²) in [6.45, 7) is 11.1. The zero-order chi connectivity index (χ0) is 19.8. The van der Waals surface area contributed by atoms with E-state index in [9.17, 15) is 0 Å². The molecule has 3 aromatic rings. The monoisotopic (exact) mass is 388 g/mol. The lowest BCUT2D eigenvalue weighted by atomic mass is 9.82. The first kappa shape index (κ1) is 19.1. The minimum absolute atomic E-state index is 0.940. The average molecular weight is 389 g/mol. The smallest absolute Gasteiger partial charge is 0.0610 e. The number of fused-ring (bicyclic) bond motifs is 3. The minimum Gasteiger partial charge on any atom is -0.311 e. The van der Waals surface area contributed by atoms with E-state index in [4.69, 9.17) is 0 Å². The fourth-order valence-corrected chi connectivity index (χ4v) is 5.01. The van der Waals surface area contributed by atoms with E-state index < -0.39 is 0 Å². The molecular weight excluding hydrogens is 360 g/mol. The molecule has 3 aromatic carbocycles. The summed E-state index contributed by atoms with van der Waals surface area (Å²) >= 11 is 1.71. The molecule has 0 saturated heterocycles. The molecule has 0 bridgehead atoms. The molecule has 0 aromatic heterocycles. The minimum atomic E-state index is 0.940. The second-order valence-electron chi connectivity index (χ2n) is 7.75. The highest BCUT2D eigenvalue weighted by atomic mass is 32.2. The van der Waals surface area contributed by atoms with Crippen LogP contribution in [-0.4, -0.2) is 0 Å². The number of aryl methyl sites for hydroxylation is 2. The highest BCUT2D eigenvalue weighted by molar-refractivity contribution is 7.96. The standard InChI is InChI=1S/C25H28N2S/c1-6-21-17(4)25-24(18(5)23(21)19-10-7-15(2)8-11-19)22-13-16(3)9-12-20(22)14-28-27-26-25/h7-13,26-27H,6,14H2,1-5H3. The van der Waals surface area contributed by atoms with Gasteiger partial charge in [-0.3, -0.25) is 0 Å². The zero-order valence-electron chi connectivity index (χ0n) is 17.4. The van der Waals surface area contributed by atoms with Crippen LogP contribution in [0.15, 0.2) is 42.5 Å². The predicted octanol–water partition coefficient (Wildman–Crippen LogP) is 6.89. The van der Waals surface area contributed by atoms with Gasteiger partial charge < -0.3 is 5.43 Å². The molecule has 28 heavy (non-hydrogen) atoms. The largest absolute Gasteiger partial charge is 0.311 e. The van der Waals surface area contributed by atoms with Crippen LogP contribution in [0.4, 0.5) is 5.69 Å². The molecule has 1 heterocycles. The summed E-state index contributed by atoms with van der Waals surface area (Å²) in [5.41, 5.74) is 18.2. The molecule has 1 aliphatic rings. The Bertz CT molecular complexity index is 1040. The van der Waals surface area contributed by atoms with Gasteiger partial charge in [-0.05, 0) is 73.1 Å². The summed E-state index contributed by atoms with van der Waals surface area (Å²) in [5.74, 6) is 0.940. The van der Waals surface area contributed by atoms with Gasteiger partial charge in [-0.1, -0.05) is 72.5 Å². The molecule has 0 radical (unpaired) electrons. The van der Waals surface area contributed by atoms with Crippen molar-refractivity contribution in [3.05, 3.63) is 75.8 Å². The van der Waals surface area contributed by atoms with Crippen molar-refractivity contribution in [3.8, 4) is 22.3 Å². The number of hydrazine groups is 1. The maximum Gasteiger partial charge on any atom is 0.0610 e. The van der Waals surface area contributed by atoms with Crippen molar-refractivity contribution >= 4 is 17.6 Å². The Morgan fingerprint density at radius 1 is 0.857 bits per heavy atom. The van der Waals surface area contributed by atoms with Crippen LogP contribution in [0.1, 0.15) is 40.3 Å². The van der Waals surface area contributed by atoms with E-state index in [-0.39, 0.29) is 0 Å². The van der Waals surface area contributed by atoms with Crippen LogP contribution in [0.3, 0.4) is 0 Å². The fraction of sp³-hybridized carbons (Fsp3) is 0.280. The Hall–Kier alpha value is -2.23. The van der Waals surface area contributed by atoms with Gasteiger partial charge in [0.25, 0.3) is 0 Å². The first-order valence-electron chi connectivity index (χ1n) is 9.97. The van der Waals surface area contributed by atoms with Crippen LogP contribution < -0.4 is 10.3 Å². The summed E-state index contributed by atoms with van der Waals surface area (Å²) in [5, 5.41) is 0. The molecule has 0 fully saturated rings. The van der Waals surface area contributed by atoms with E-state index in [1.165, 1.54) is 61.3 Å². The summed E-state index contributed by atoms with van der Waals surface area (Å²) < 4.78 is 0. The highest BCUT2D eigenvalue weighted by Gasteiger charge is 2.23. The van der Waals surface area contributed by atoms with Gasteiger partial charge in [0.15, 0.2) is 0 Å². The SMILES string of the molecule is CCc1c(C)c2c(c(C)c1-c1ccc(C)cc1)-c1cc(C)ccc1CSNN2. The number of hydrogen-bond donors (Lipinski definition) is 2. The van der Waals surface area contributed by atoms with Crippen molar-refractivity contribution in [3.63, 3.8) is 0 Å². The topological polar surface area (TPSA) is 24.1 Å². The molecule has 144 valence electrons. The molecule has 3 heteroatoms. The van der Waals surface area contributed by atoms with Crippen LogP contribution in [0, 0.1) is 27.7 Å². The summed E-state index contributed by atoms with van der Waals surface area (Å²) in [7, 11) is 0. The van der Waals surface area contributed by atoms with E-state index in [0.29, 0.717) is 0 Å². The van der Waals surface area contributed by atoms with Crippen LogP contribution in [-0.2, 0) is 12.2 Å². The van der Waals surface area contributed by atoms with Crippen molar-refractivity contribution in [1.29, 1.82) is 0 Å². The van der Waals surface area contributed by atoms with E-state index in [2.05, 4.69) is 87.3 Å². The molecule has 0 spiro atoms. The Kier molecular flexibility index (Phi) is 5.22. The Balaban J connectivity index is 2.09. The van der Waals surface area contributed by atoms with Crippen LogP contribution in [0.5, 0.6) is 0 Å². The molecule has 4 rings (SSSR count). The zero-order valence-corrected chi connectivity index (χ0v) is 18.2. The third-order valence-electron chi connectivity index (χ3n) is 5.83. The summed E-state index contributed by atoms with van der Waals surface area (Å²) in [6.07, 6.45) is 1.01. The van der Waals surface area contributed by atoms with Crippen LogP contribution >= 0.6 is 11.9 Å². The van der Waals surface area contributed by atoms with Crippen molar-refractivity contribution < 1.29 is 0 Å². The van der Waals surface area contributed by atoms with Gasteiger partial charge in [-0.25, -0.2) is 0 Å². The maximum atomic E-state index is 3.51. The number of anilines is 1. The van der Waals surface area contributed by atoms with Crippen molar-refractivity contribution in [2.24, 2.45) is 0 Å². The predicted molar refractivity (Wildman–Crippen MR) is 124 cm³/mol. The van der Waals surface area contributed by atoms with E-state index >= 15 is 0 Å². The number of nitrogens with one attached hydrogen (secondary N) is 2. The summed E-state index contributed by atoms with van der Waals surface area (Å²) in [4.78, 5) is 3.35. The van der Waals surface area contributed by atoms with Gasteiger partial charge in [0.2, 0.25) is 0 Å². The van der Waals surface area contributed by atoms with Gasteiger partial charge in [0, 0.05) is 11.3 Å². The molecule has 1 aliphatic heterocycles. The first-order chi connectivity index (χ1) is 13.5. The summed E-state index contributed by atoms with van der Waals surface area (Å²) in [6, 6.07) is 15.8. The van der Waals surface area contributed by atoms with Crippen molar-refractivity contribution in [2.45, 2.75) is 46.8 Å². The van der Waals surface area contributed by atoms with Crippen LogP contribution in [0.2, 0.25) is 0 Å². The van der Waals surface area contributed by atoms with Crippen molar-refractivity contribution in [1.82, 2.24) is 4.83 Å². The van der Waals surface area contributed by atoms with E-state index in [0.717, 1.165) is 12.2 Å². The van der Waals surface area contributed by atoms with Crippen LogP contribution in [0.25, 0.3) is 22.3 Å².